The fourth-order valence-electron chi connectivity index (χ4n) is 1.40. The molecule has 0 unspecified atom stereocenters. The van der Waals surface area contributed by atoms with Crippen LogP contribution in [-0.4, -0.2) is 40.5 Å². The fraction of sp³-hybridized carbons (Fsp3) is 0.500. The number of rotatable bonds is 4. The van der Waals surface area contributed by atoms with Crippen LogP contribution in [0.15, 0.2) is 5.38 Å². The maximum absolute atomic E-state index is 11.8. The minimum Gasteiger partial charge on any atom is -0.476 e. The van der Waals surface area contributed by atoms with Gasteiger partial charge in [0.15, 0.2) is 10.7 Å². The van der Waals surface area contributed by atoms with E-state index in [-0.39, 0.29) is 16.6 Å². The number of hydrogen-bond acceptors (Lipinski definition) is 4. The summed E-state index contributed by atoms with van der Waals surface area (Å²) in [7, 11) is 1.72. The van der Waals surface area contributed by atoms with Gasteiger partial charge in [0, 0.05) is 19.0 Å². The predicted octanol–water partition coefficient (Wildman–Crippen LogP) is 1.32. The van der Waals surface area contributed by atoms with Gasteiger partial charge >= 0.3 is 5.97 Å². The van der Waals surface area contributed by atoms with Crippen LogP contribution in [0, 0.1) is 5.92 Å². The highest BCUT2D eigenvalue weighted by molar-refractivity contribution is 7.11. The third-order valence-electron chi connectivity index (χ3n) is 2.48. The largest absolute Gasteiger partial charge is 0.476 e. The molecular formula is C10H12N2O3S. The van der Waals surface area contributed by atoms with Gasteiger partial charge in [0.1, 0.15) is 0 Å². The second-order valence-corrected chi connectivity index (χ2v) is 4.83. The maximum Gasteiger partial charge on any atom is 0.355 e. The zero-order valence-corrected chi connectivity index (χ0v) is 9.66. The Kier molecular flexibility index (Phi) is 2.91. The monoisotopic (exact) mass is 240 g/mol. The molecule has 0 aromatic carbocycles. The quantitative estimate of drug-likeness (QED) is 0.861. The normalized spacial score (nSPS) is 14.8. The number of amides is 1. The molecular weight excluding hydrogens is 228 g/mol. The molecule has 1 amide bonds. The van der Waals surface area contributed by atoms with E-state index in [9.17, 15) is 9.59 Å². The molecule has 1 heterocycles. The van der Waals surface area contributed by atoms with E-state index < -0.39 is 5.97 Å². The summed E-state index contributed by atoms with van der Waals surface area (Å²) in [5.74, 6) is -0.669. The molecule has 5 nitrogen and oxygen atoms in total. The lowest BCUT2D eigenvalue weighted by molar-refractivity contribution is 0.0691. The van der Waals surface area contributed by atoms with E-state index in [0.717, 1.165) is 17.9 Å². The molecule has 1 fully saturated rings. The molecule has 1 aromatic rings. The van der Waals surface area contributed by atoms with Gasteiger partial charge in [-0.05, 0) is 18.8 Å². The first-order chi connectivity index (χ1) is 7.58. The van der Waals surface area contributed by atoms with Crippen molar-refractivity contribution in [3.05, 3.63) is 16.1 Å². The Balaban J connectivity index is 2.03. The molecule has 0 bridgehead atoms. The number of carbonyl (C=O) groups is 2. The SMILES string of the molecule is CN(CC1CC1)C(=O)c1nc(C(=O)O)cs1. The van der Waals surface area contributed by atoms with Gasteiger partial charge in [0.05, 0.1) is 0 Å². The average molecular weight is 240 g/mol. The topological polar surface area (TPSA) is 70.5 Å². The van der Waals surface area contributed by atoms with E-state index >= 15 is 0 Å². The minimum absolute atomic E-state index is 0.0619. The number of carboxylic acids is 1. The molecule has 1 aliphatic rings. The van der Waals surface area contributed by atoms with Crippen LogP contribution in [0.5, 0.6) is 0 Å². The van der Waals surface area contributed by atoms with Crippen molar-refractivity contribution < 1.29 is 14.7 Å². The summed E-state index contributed by atoms with van der Waals surface area (Å²) in [5, 5.41) is 10.3. The smallest absolute Gasteiger partial charge is 0.355 e. The van der Waals surface area contributed by atoms with Gasteiger partial charge in [-0.25, -0.2) is 9.78 Å². The van der Waals surface area contributed by atoms with E-state index in [1.807, 2.05) is 0 Å². The first kappa shape index (κ1) is 11.1. The van der Waals surface area contributed by atoms with E-state index in [1.165, 1.54) is 18.2 Å². The van der Waals surface area contributed by atoms with Crippen LogP contribution in [0.4, 0.5) is 0 Å². The molecule has 86 valence electrons. The molecule has 16 heavy (non-hydrogen) atoms. The maximum atomic E-state index is 11.8. The van der Waals surface area contributed by atoms with Gasteiger partial charge in [-0.3, -0.25) is 4.79 Å². The number of aromatic carboxylic acids is 1. The average Bonchev–Trinajstić information content (AvgIpc) is 2.91. The Hall–Kier alpha value is -1.43. The lowest BCUT2D eigenvalue weighted by Crippen LogP contribution is -2.28. The lowest BCUT2D eigenvalue weighted by Gasteiger charge is -2.14. The Morgan fingerprint density at radius 1 is 1.62 bits per heavy atom. The molecule has 1 aliphatic carbocycles. The summed E-state index contributed by atoms with van der Waals surface area (Å²) in [6.07, 6.45) is 2.35. The molecule has 0 saturated heterocycles. The van der Waals surface area contributed by atoms with E-state index in [1.54, 1.807) is 11.9 Å². The Morgan fingerprint density at radius 2 is 2.31 bits per heavy atom. The van der Waals surface area contributed by atoms with Crippen molar-refractivity contribution in [2.45, 2.75) is 12.8 Å². The second-order valence-electron chi connectivity index (χ2n) is 3.97. The first-order valence-electron chi connectivity index (χ1n) is 5.02. The number of hydrogen-bond donors (Lipinski definition) is 1. The van der Waals surface area contributed by atoms with Crippen LogP contribution < -0.4 is 0 Å². The number of aromatic nitrogens is 1. The minimum atomic E-state index is -1.10. The van der Waals surface area contributed by atoms with Crippen molar-refractivity contribution in [2.75, 3.05) is 13.6 Å². The first-order valence-corrected chi connectivity index (χ1v) is 5.90. The molecule has 0 atom stereocenters. The van der Waals surface area contributed by atoms with E-state index in [2.05, 4.69) is 4.98 Å². The van der Waals surface area contributed by atoms with Gasteiger partial charge in [0.2, 0.25) is 0 Å². The second kappa shape index (κ2) is 4.21. The van der Waals surface area contributed by atoms with Crippen molar-refractivity contribution in [1.29, 1.82) is 0 Å². The van der Waals surface area contributed by atoms with Crippen LogP contribution in [0.3, 0.4) is 0 Å². The van der Waals surface area contributed by atoms with Crippen LogP contribution in [0.25, 0.3) is 0 Å². The molecule has 0 aliphatic heterocycles. The Morgan fingerprint density at radius 3 is 2.81 bits per heavy atom. The third kappa shape index (κ3) is 2.38. The zero-order chi connectivity index (χ0) is 11.7. The Bertz CT molecular complexity index is 425. The van der Waals surface area contributed by atoms with Crippen LogP contribution in [0.2, 0.25) is 0 Å². The molecule has 0 radical (unpaired) electrons. The predicted molar refractivity (Wildman–Crippen MR) is 58.8 cm³/mol. The summed E-state index contributed by atoms with van der Waals surface area (Å²) in [6.45, 7) is 0.737. The van der Waals surface area contributed by atoms with Gasteiger partial charge in [-0.15, -0.1) is 11.3 Å². The highest BCUT2D eigenvalue weighted by Crippen LogP contribution is 2.29. The number of carbonyl (C=O) groups excluding carboxylic acids is 1. The van der Waals surface area contributed by atoms with Crippen molar-refractivity contribution in [1.82, 2.24) is 9.88 Å². The number of nitrogens with zero attached hydrogens (tertiary/aromatic N) is 2. The highest BCUT2D eigenvalue weighted by atomic mass is 32.1. The number of carboxylic acid groups (broad SMARTS) is 1. The van der Waals surface area contributed by atoms with Crippen LogP contribution in [-0.2, 0) is 0 Å². The van der Waals surface area contributed by atoms with Gasteiger partial charge in [0.25, 0.3) is 5.91 Å². The molecule has 2 rings (SSSR count). The summed E-state index contributed by atoms with van der Waals surface area (Å²) in [6, 6.07) is 0. The number of thiazole rings is 1. The van der Waals surface area contributed by atoms with Crippen molar-refractivity contribution in [3.63, 3.8) is 0 Å². The summed E-state index contributed by atoms with van der Waals surface area (Å²) < 4.78 is 0. The molecule has 1 aromatic heterocycles. The van der Waals surface area contributed by atoms with Crippen LogP contribution in [0.1, 0.15) is 33.1 Å². The van der Waals surface area contributed by atoms with Crippen molar-refractivity contribution in [2.24, 2.45) is 5.92 Å². The zero-order valence-electron chi connectivity index (χ0n) is 8.84. The van der Waals surface area contributed by atoms with Gasteiger partial charge in [-0.2, -0.15) is 0 Å². The van der Waals surface area contributed by atoms with E-state index in [4.69, 9.17) is 5.11 Å². The standard InChI is InChI=1S/C10H12N2O3S/c1-12(4-6-2-3-6)9(13)8-11-7(5-16-8)10(14)15/h5-6H,2-4H2,1H3,(H,14,15). The van der Waals surface area contributed by atoms with Gasteiger partial charge in [-0.1, -0.05) is 0 Å². The van der Waals surface area contributed by atoms with Gasteiger partial charge < -0.3 is 10.0 Å². The summed E-state index contributed by atoms with van der Waals surface area (Å²) in [5.41, 5.74) is -0.0619. The molecule has 1 N–H and O–H groups in total. The summed E-state index contributed by atoms with van der Waals surface area (Å²) >= 11 is 1.08. The molecule has 6 heteroatoms. The highest BCUT2D eigenvalue weighted by Gasteiger charge is 2.26. The fourth-order valence-corrected chi connectivity index (χ4v) is 2.19. The van der Waals surface area contributed by atoms with Crippen molar-refractivity contribution in [3.8, 4) is 0 Å². The van der Waals surface area contributed by atoms with Crippen molar-refractivity contribution >= 4 is 23.2 Å². The Labute approximate surface area is 96.7 Å². The summed E-state index contributed by atoms with van der Waals surface area (Å²) in [4.78, 5) is 27.8. The molecule has 0 spiro atoms. The van der Waals surface area contributed by atoms with E-state index in [0.29, 0.717) is 5.92 Å². The van der Waals surface area contributed by atoms with Crippen LogP contribution >= 0.6 is 11.3 Å². The third-order valence-corrected chi connectivity index (χ3v) is 3.31. The lowest BCUT2D eigenvalue weighted by atomic mass is 10.4. The molecule has 1 saturated carbocycles.